The summed E-state index contributed by atoms with van der Waals surface area (Å²) in [6, 6.07) is 11.5. The van der Waals surface area contributed by atoms with E-state index >= 15 is 0 Å². The number of nitrogen functional groups attached to an aromatic ring is 1. The number of nitriles is 1. The van der Waals surface area contributed by atoms with E-state index in [2.05, 4.69) is 26.5 Å². The van der Waals surface area contributed by atoms with Gasteiger partial charge in [-0.2, -0.15) is 10.4 Å². The Kier molecular flexibility index (Phi) is 5.42. The smallest absolute Gasteiger partial charge is 0.271 e. The number of nitrogens with one attached hydrogen (secondary N) is 1. The second-order valence-corrected chi connectivity index (χ2v) is 5.97. The van der Waals surface area contributed by atoms with Crippen molar-refractivity contribution >= 4 is 11.7 Å². The molecule has 1 aromatic carbocycles. The van der Waals surface area contributed by atoms with E-state index in [1.165, 1.54) is 6.20 Å². The Bertz CT molecular complexity index is 972. The van der Waals surface area contributed by atoms with Crippen molar-refractivity contribution in [2.75, 3.05) is 12.3 Å². The van der Waals surface area contributed by atoms with Gasteiger partial charge in [0.1, 0.15) is 23.1 Å². The molecule has 136 valence electrons. The quantitative estimate of drug-likeness (QED) is 0.645. The van der Waals surface area contributed by atoms with Gasteiger partial charge >= 0.3 is 0 Å². The minimum Gasteiger partial charge on any atom is -0.382 e. The van der Waals surface area contributed by atoms with Gasteiger partial charge in [-0.3, -0.25) is 9.78 Å². The fraction of sp³-hybridized carbons (Fsp3) is 0.211. The molecule has 8 nitrogen and oxygen atoms in total. The van der Waals surface area contributed by atoms with Crippen LogP contribution < -0.4 is 11.1 Å². The largest absolute Gasteiger partial charge is 0.382 e. The van der Waals surface area contributed by atoms with E-state index in [0.717, 1.165) is 11.4 Å². The van der Waals surface area contributed by atoms with Crippen molar-refractivity contribution in [3.8, 4) is 11.8 Å². The third kappa shape index (κ3) is 4.10. The van der Waals surface area contributed by atoms with Gasteiger partial charge in [-0.25, -0.2) is 9.67 Å². The maximum Gasteiger partial charge on any atom is 0.271 e. The van der Waals surface area contributed by atoms with E-state index in [1.54, 1.807) is 10.9 Å². The molecule has 0 aliphatic heterocycles. The zero-order chi connectivity index (χ0) is 19.2. The minimum absolute atomic E-state index is 0.274. The number of carbonyl (C=O) groups is 1. The first-order valence-electron chi connectivity index (χ1n) is 8.50. The van der Waals surface area contributed by atoms with Gasteiger partial charge in [0.25, 0.3) is 5.91 Å². The fourth-order valence-electron chi connectivity index (χ4n) is 2.60. The molecule has 0 unspecified atom stereocenters. The van der Waals surface area contributed by atoms with Crippen LogP contribution in [-0.2, 0) is 6.42 Å². The molecule has 0 bridgehead atoms. The van der Waals surface area contributed by atoms with Gasteiger partial charge in [0, 0.05) is 12.7 Å². The second kappa shape index (κ2) is 8.10. The van der Waals surface area contributed by atoms with Crippen LogP contribution in [0.15, 0.2) is 42.7 Å². The highest BCUT2D eigenvalue weighted by molar-refractivity contribution is 5.91. The number of nitrogens with zero attached hydrogens (tertiary/aromatic N) is 5. The van der Waals surface area contributed by atoms with Gasteiger partial charge in [-0.05, 0) is 31.9 Å². The van der Waals surface area contributed by atoms with Gasteiger partial charge in [0.15, 0.2) is 0 Å². The summed E-state index contributed by atoms with van der Waals surface area (Å²) in [7, 11) is 0. The Hall–Kier alpha value is -3.73. The van der Waals surface area contributed by atoms with E-state index < -0.39 is 0 Å². The van der Waals surface area contributed by atoms with E-state index in [-0.39, 0.29) is 11.6 Å². The first kappa shape index (κ1) is 18.1. The molecule has 2 heterocycles. The molecule has 3 rings (SSSR count). The summed E-state index contributed by atoms with van der Waals surface area (Å²) in [5, 5.41) is 16.7. The number of aromatic nitrogens is 4. The Morgan fingerprint density at radius 3 is 2.70 bits per heavy atom. The molecule has 3 aromatic rings. The average molecular weight is 361 g/mol. The fourth-order valence-corrected chi connectivity index (χ4v) is 2.60. The molecule has 0 saturated carbocycles. The standard InChI is InChI=1S/C19H19N7O/c1-13-11-24-17(12-23-13)19(27)22-9-5-8-16-15(10-20)18(21)26(25-16)14-6-3-2-4-7-14/h2-4,6-7,11-12H,5,8-9,21H2,1H3,(H,22,27). The van der Waals surface area contributed by atoms with E-state index in [4.69, 9.17) is 5.73 Å². The highest BCUT2D eigenvalue weighted by Gasteiger charge is 2.16. The molecule has 0 spiro atoms. The van der Waals surface area contributed by atoms with Crippen molar-refractivity contribution in [1.82, 2.24) is 25.1 Å². The predicted molar refractivity (Wildman–Crippen MR) is 100 cm³/mol. The monoisotopic (exact) mass is 361 g/mol. The van der Waals surface area contributed by atoms with E-state index in [1.807, 2.05) is 37.3 Å². The van der Waals surface area contributed by atoms with Gasteiger partial charge < -0.3 is 11.1 Å². The van der Waals surface area contributed by atoms with Crippen LogP contribution in [0.2, 0.25) is 0 Å². The molecule has 0 aliphatic carbocycles. The maximum absolute atomic E-state index is 12.0. The average Bonchev–Trinajstić information content (AvgIpc) is 3.01. The Morgan fingerprint density at radius 1 is 1.26 bits per heavy atom. The van der Waals surface area contributed by atoms with Crippen molar-refractivity contribution in [3.63, 3.8) is 0 Å². The lowest BCUT2D eigenvalue weighted by Crippen LogP contribution is -2.26. The molecule has 3 N–H and O–H groups in total. The number of hydrogen-bond donors (Lipinski definition) is 2. The molecule has 0 fully saturated rings. The summed E-state index contributed by atoms with van der Waals surface area (Å²) in [5.74, 6) is 0.0370. The highest BCUT2D eigenvalue weighted by atomic mass is 16.1. The third-order valence-electron chi connectivity index (χ3n) is 4.00. The van der Waals surface area contributed by atoms with E-state index in [9.17, 15) is 10.1 Å². The number of para-hydroxylation sites is 1. The Balaban J connectivity index is 1.62. The first-order chi connectivity index (χ1) is 13.1. The summed E-state index contributed by atoms with van der Waals surface area (Å²) < 4.78 is 1.56. The number of nitrogens with two attached hydrogens (primary N) is 1. The molecule has 0 saturated heterocycles. The zero-order valence-electron chi connectivity index (χ0n) is 14.9. The molecule has 0 atom stereocenters. The molecule has 27 heavy (non-hydrogen) atoms. The SMILES string of the molecule is Cc1cnc(C(=O)NCCCc2nn(-c3ccccc3)c(N)c2C#N)cn1. The van der Waals surface area contributed by atoms with Crippen LogP contribution >= 0.6 is 0 Å². The molecule has 8 heteroatoms. The van der Waals surface area contributed by atoms with Crippen LogP contribution in [-0.4, -0.2) is 32.2 Å². The van der Waals surface area contributed by atoms with Crippen molar-refractivity contribution in [2.45, 2.75) is 19.8 Å². The third-order valence-corrected chi connectivity index (χ3v) is 4.00. The first-order valence-corrected chi connectivity index (χ1v) is 8.50. The Morgan fingerprint density at radius 2 is 2.04 bits per heavy atom. The normalized spacial score (nSPS) is 10.4. The summed E-state index contributed by atoms with van der Waals surface area (Å²) in [4.78, 5) is 20.1. The van der Waals surface area contributed by atoms with Crippen LogP contribution in [0.3, 0.4) is 0 Å². The predicted octanol–water partition coefficient (Wildman–Crippen LogP) is 1.79. The number of rotatable bonds is 6. The van der Waals surface area contributed by atoms with Crippen LogP contribution in [0.5, 0.6) is 0 Å². The van der Waals surface area contributed by atoms with Crippen LogP contribution in [0.4, 0.5) is 5.82 Å². The van der Waals surface area contributed by atoms with Crippen molar-refractivity contribution in [3.05, 3.63) is 65.4 Å². The lowest BCUT2D eigenvalue weighted by Gasteiger charge is -2.04. The van der Waals surface area contributed by atoms with Gasteiger partial charge in [0.2, 0.25) is 0 Å². The minimum atomic E-state index is -0.280. The lowest BCUT2D eigenvalue weighted by molar-refractivity contribution is 0.0948. The zero-order valence-corrected chi connectivity index (χ0v) is 14.9. The molecule has 1 amide bonds. The molecule has 0 radical (unpaired) electrons. The van der Waals surface area contributed by atoms with E-state index in [0.29, 0.717) is 36.5 Å². The number of amides is 1. The molecular formula is C19H19N7O. The van der Waals surface area contributed by atoms with Crippen LogP contribution in [0.25, 0.3) is 5.69 Å². The summed E-state index contributed by atoms with van der Waals surface area (Å²) in [5.41, 5.74) is 8.89. The Labute approximate surface area is 156 Å². The number of hydrogen-bond acceptors (Lipinski definition) is 6. The highest BCUT2D eigenvalue weighted by Crippen LogP contribution is 2.21. The van der Waals surface area contributed by atoms with Crippen molar-refractivity contribution in [1.29, 1.82) is 5.26 Å². The van der Waals surface area contributed by atoms with Gasteiger partial charge in [0.05, 0.1) is 23.3 Å². The van der Waals surface area contributed by atoms with Crippen LogP contribution in [0, 0.1) is 18.3 Å². The van der Waals surface area contributed by atoms with Crippen LogP contribution in [0.1, 0.15) is 33.9 Å². The maximum atomic E-state index is 12.0. The number of benzene rings is 1. The summed E-state index contributed by atoms with van der Waals surface area (Å²) in [6.07, 6.45) is 4.13. The number of aryl methyl sites for hydroxylation is 2. The summed E-state index contributed by atoms with van der Waals surface area (Å²) in [6.45, 7) is 2.24. The second-order valence-electron chi connectivity index (χ2n) is 5.97. The summed E-state index contributed by atoms with van der Waals surface area (Å²) >= 11 is 0. The molecular weight excluding hydrogens is 342 g/mol. The number of carbonyl (C=O) groups excluding carboxylic acids is 1. The number of anilines is 1. The van der Waals surface area contributed by atoms with Crippen molar-refractivity contribution in [2.24, 2.45) is 0 Å². The van der Waals surface area contributed by atoms with Gasteiger partial charge in [-0.15, -0.1) is 0 Å². The molecule has 2 aromatic heterocycles. The lowest BCUT2D eigenvalue weighted by atomic mass is 10.1. The molecule has 0 aliphatic rings. The van der Waals surface area contributed by atoms with Crippen molar-refractivity contribution < 1.29 is 4.79 Å². The van der Waals surface area contributed by atoms with Gasteiger partial charge in [-0.1, -0.05) is 18.2 Å². The topological polar surface area (TPSA) is 123 Å².